The average Bonchev–Trinajstić information content (AvgIpc) is 2.94. The number of carbonyl (C=O) groups is 1. The molecule has 6 nitrogen and oxygen atoms in total. The first-order valence-corrected chi connectivity index (χ1v) is 7.61. The molecule has 0 saturated heterocycles. The lowest BCUT2D eigenvalue weighted by Crippen LogP contribution is -2.13. The molecule has 0 unspecified atom stereocenters. The molecule has 7 heteroatoms. The minimum absolute atomic E-state index is 0.111. The number of nitrogens with one attached hydrogen (secondary N) is 2. The maximum absolute atomic E-state index is 12.8. The Morgan fingerprint density at radius 1 is 1.33 bits per heavy atom. The van der Waals surface area contributed by atoms with Gasteiger partial charge in [0.15, 0.2) is 5.65 Å². The summed E-state index contributed by atoms with van der Waals surface area (Å²) >= 11 is 0. The van der Waals surface area contributed by atoms with Crippen LogP contribution in [-0.4, -0.2) is 27.7 Å². The van der Waals surface area contributed by atoms with E-state index in [0.717, 1.165) is 11.1 Å². The lowest BCUT2D eigenvalue weighted by molar-refractivity contribution is -0.116. The van der Waals surface area contributed by atoms with E-state index in [-0.39, 0.29) is 11.7 Å². The first kappa shape index (κ1) is 15.9. The molecule has 0 fully saturated rings. The molecule has 0 aliphatic rings. The van der Waals surface area contributed by atoms with Crippen molar-refractivity contribution in [3.63, 3.8) is 0 Å². The van der Waals surface area contributed by atoms with Gasteiger partial charge in [0, 0.05) is 17.5 Å². The maximum Gasteiger partial charge on any atom is 0.224 e. The molecule has 0 atom stereocenters. The summed E-state index contributed by atoms with van der Waals surface area (Å²) in [6, 6.07) is 7.63. The van der Waals surface area contributed by atoms with Crippen LogP contribution in [0.1, 0.15) is 18.5 Å². The van der Waals surface area contributed by atoms with E-state index in [4.69, 9.17) is 4.74 Å². The lowest BCUT2D eigenvalue weighted by atomic mass is 10.2. The van der Waals surface area contributed by atoms with Crippen molar-refractivity contribution in [1.29, 1.82) is 0 Å². The molecular weight excluding hydrogens is 311 g/mol. The maximum atomic E-state index is 12.8. The Bertz CT molecular complexity index is 845. The third kappa shape index (κ3) is 3.87. The summed E-state index contributed by atoms with van der Waals surface area (Å²) in [6.45, 7) is 2.28. The summed E-state index contributed by atoms with van der Waals surface area (Å²) in [6.07, 6.45) is 2.46. The van der Waals surface area contributed by atoms with Gasteiger partial charge in [0.05, 0.1) is 18.5 Å². The monoisotopic (exact) mass is 328 g/mol. The Kier molecular flexibility index (Phi) is 4.69. The molecule has 1 aromatic carbocycles. The van der Waals surface area contributed by atoms with Crippen molar-refractivity contribution in [2.45, 2.75) is 19.8 Å². The number of aromatic nitrogens is 3. The smallest absolute Gasteiger partial charge is 0.224 e. The van der Waals surface area contributed by atoms with Crippen LogP contribution in [0.5, 0.6) is 5.75 Å². The number of aromatic amines is 1. The number of anilines is 1. The normalized spacial score (nSPS) is 10.8. The van der Waals surface area contributed by atoms with Gasteiger partial charge in [-0.05, 0) is 43.7 Å². The van der Waals surface area contributed by atoms with Crippen molar-refractivity contribution in [3.05, 3.63) is 48.0 Å². The van der Waals surface area contributed by atoms with E-state index in [1.165, 1.54) is 12.1 Å². The van der Waals surface area contributed by atoms with E-state index in [1.807, 2.05) is 13.0 Å². The molecule has 0 spiro atoms. The SMILES string of the molecule is Cc1[nH]nc2ncc(NC(=O)CCCOc3ccc(F)cc3)cc12. The summed E-state index contributed by atoms with van der Waals surface area (Å²) in [5.74, 6) is 0.169. The first-order valence-electron chi connectivity index (χ1n) is 7.61. The number of benzene rings is 1. The van der Waals surface area contributed by atoms with Crippen LogP contribution in [0.15, 0.2) is 36.5 Å². The number of rotatable bonds is 6. The van der Waals surface area contributed by atoms with Gasteiger partial charge in [0.25, 0.3) is 0 Å². The molecule has 1 amide bonds. The van der Waals surface area contributed by atoms with E-state index in [9.17, 15) is 9.18 Å². The van der Waals surface area contributed by atoms with Crippen molar-refractivity contribution >= 4 is 22.6 Å². The zero-order chi connectivity index (χ0) is 16.9. The summed E-state index contributed by atoms with van der Waals surface area (Å²) in [5, 5.41) is 10.6. The predicted octanol–water partition coefficient (Wildman–Crippen LogP) is 3.20. The number of amides is 1. The highest BCUT2D eigenvalue weighted by atomic mass is 19.1. The van der Waals surface area contributed by atoms with Crippen LogP contribution in [-0.2, 0) is 4.79 Å². The van der Waals surface area contributed by atoms with Crippen LogP contribution in [0.2, 0.25) is 0 Å². The van der Waals surface area contributed by atoms with Gasteiger partial charge < -0.3 is 10.1 Å². The molecule has 24 heavy (non-hydrogen) atoms. The minimum Gasteiger partial charge on any atom is -0.494 e. The third-order valence-corrected chi connectivity index (χ3v) is 3.51. The average molecular weight is 328 g/mol. The molecule has 0 radical (unpaired) electrons. The first-order chi connectivity index (χ1) is 11.6. The fourth-order valence-corrected chi connectivity index (χ4v) is 2.27. The highest BCUT2D eigenvalue weighted by Gasteiger charge is 2.07. The van der Waals surface area contributed by atoms with Crippen LogP contribution in [0.4, 0.5) is 10.1 Å². The molecule has 0 aliphatic heterocycles. The van der Waals surface area contributed by atoms with Crippen molar-refractivity contribution in [1.82, 2.24) is 15.2 Å². The van der Waals surface area contributed by atoms with Crippen molar-refractivity contribution in [2.75, 3.05) is 11.9 Å². The molecule has 2 aromatic heterocycles. The van der Waals surface area contributed by atoms with Gasteiger partial charge in [0.2, 0.25) is 5.91 Å². The molecule has 3 rings (SSSR count). The van der Waals surface area contributed by atoms with Crippen molar-refractivity contribution in [2.24, 2.45) is 0 Å². The molecule has 0 bridgehead atoms. The second-order valence-corrected chi connectivity index (χ2v) is 5.40. The Labute approximate surface area is 138 Å². The predicted molar refractivity (Wildman–Crippen MR) is 88.4 cm³/mol. The number of carbonyl (C=O) groups excluding carboxylic acids is 1. The standard InChI is InChI=1S/C17H17FN4O2/c1-11-15-9-13(10-19-17(15)22-21-11)20-16(23)3-2-8-24-14-6-4-12(18)5-7-14/h4-7,9-10H,2-3,8H2,1H3,(H,20,23)(H,19,21,22). The number of nitrogens with zero attached hydrogens (tertiary/aromatic N) is 2. The number of H-pyrrole nitrogens is 1. The highest BCUT2D eigenvalue weighted by molar-refractivity contribution is 5.92. The fourth-order valence-electron chi connectivity index (χ4n) is 2.27. The van der Waals surface area contributed by atoms with E-state index in [2.05, 4.69) is 20.5 Å². The molecule has 0 aliphatic carbocycles. The van der Waals surface area contributed by atoms with Gasteiger partial charge in [0.1, 0.15) is 11.6 Å². The molecular formula is C17H17FN4O2. The Morgan fingerprint density at radius 3 is 2.92 bits per heavy atom. The Morgan fingerprint density at radius 2 is 2.12 bits per heavy atom. The molecule has 2 heterocycles. The number of ether oxygens (including phenoxy) is 1. The van der Waals surface area contributed by atoms with Crippen molar-refractivity contribution in [3.8, 4) is 5.75 Å². The van der Waals surface area contributed by atoms with E-state index in [1.54, 1.807) is 18.3 Å². The van der Waals surface area contributed by atoms with Crippen LogP contribution in [0.25, 0.3) is 11.0 Å². The van der Waals surface area contributed by atoms with Gasteiger partial charge in [-0.3, -0.25) is 9.89 Å². The quantitative estimate of drug-likeness (QED) is 0.681. The number of hydrogen-bond acceptors (Lipinski definition) is 4. The third-order valence-electron chi connectivity index (χ3n) is 3.51. The van der Waals surface area contributed by atoms with Gasteiger partial charge in [-0.25, -0.2) is 9.37 Å². The zero-order valence-corrected chi connectivity index (χ0v) is 13.2. The molecule has 2 N–H and O–H groups in total. The van der Waals surface area contributed by atoms with Gasteiger partial charge in [-0.1, -0.05) is 0 Å². The topological polar surface area (TPSA) is 79.9 Å². The number of fused-ring (bicyclic) bond motifs is 1. The van der Waals surface area contributed by atoms with Gasteiger partial charge >= 0.3 is 0 Å². The number of hydrogen-bond donors (Lipinski definition) is 2. The summed E-state index contributed by atoms with van der Waals surface area (Å²) < 4.78 is 18.2. The minimum atomic E-state index is -0.305. The largest absolute Gasteiger partial charge is 0.494 e. The number of aryl methyl sites for hydroxylation is 1. The Balaban J connectivity index is 1.46. The second-order valence-electron chi connectivity index (χ2n) is 5.40. The number of pyridine rings is 1. The summed E-state index contributed by atoms with van der Waals surface area (Å²) in [5.41, 5.74) is 2.16. The van der Waals surface area contributed by atoms with Crippen LogP contribution in [0, 0.1) is 12.7 Å². The highest BCUT2D eigenvalue weighted by Crippen LogP contribution is 2.18. The van der Waals surface area contributed by atoms with Gasteiger partial charge in [-0.2, -0.15) is 5.10 Å². The molecule has 0 saturated carbocycles. The lowest BCUT2D eigenvalue weighted by Gasteiger charge is -2.07. The molecule has 124 valence electrons. The fraction of sp³-hybridized carbons (Fsp3) is 0.235. The van der Waals surface area contributed by atoms with Crippen LogP contribution < -0.4 is 10.1 Å². The van der Waals surface area contributed by atoms with Gasteiger partial charge in [-0.15, -0.1) is 0 Å². The second kappa shape index (κ2) is 7.08. The number of halogens is 1. The summed E-state index contributed by atoms with van der Waals surface area (Å²) in [7, 11) is 0. The van der Waals surface area contributed by atoms with Crippen LogP contribution in [0.3, 0.4) is 0 Å². The van der Waals surface area contributed by atoms with Crippen molar-refractivity contribution < 1.29 is 13.9 Å². The Hall–Kier alpha value is -2.96. The van der Waals surface area contributed by atoms with E-state index >= 15 is 0 Å². The van der Waals surface area contributed by atoms with Crippen LogP contribution >= 0.6 is 0 Å². The zero-order valence-electron chi connectivity index (χ0n) is 13.2. The van der Waals surface area contributed by atoms with E-state index < -0.39 is 0 Å². The van der Waals surface area contributed by atoms with E-state index in [0.29, 0.717) is 36.5 Å². The molecule has 3 aromatic rings. The summed E-state index contributed by atoms with van der Waals surface area (Å²) in [4.78, 5) is 16.1.